The van der Waals surface area contributed by atoms with Crippen molar-refractivity contribution in [2.24, 2.45) is 29.4 Å². The largest absolute Gasteiger partial charge is 0.465 e. The number of hydrogen-bond donors (Lipinski definition) is 1. The molecule has 2 aliphatic rings. The number of nitrogens with two attached hydrogens (primary N) is 1. The van der Waals surface area contributed by atoms with Gasteiger partial charge in [-0.3, -0.25) is 4.79 Å². The van der Waals surface area contributed by atoms with Gasteiger partial charge in [-0.2, -0.15) is 0 Å². The van der Waals surface area contributed by atoms with Gasteiger partial charge >= 0.3 is 5.97 Å². The smallest absolute Gasteiger partial charge is 0.310 e. The number of carbonyl (C=O) groups excluding carboxylic acids is 1. The highest BCUT2D eigenvalue weighted by Crippen LogP contribution is 2.47. The summed E-state index contributed by atoms with van der Waals surface area (Å²) in [6.07, 6.45) is 5.62. The molecule has 2 fully saturated rings. The second-order valence-electron chi connectivity index (χ2n) is 6.14. The molecule has 2 rings (SSSR count). The lowest BCUT2D eigenvalue weighted by Crippen LogP contribution is -2.41. The highest BCUT2D eigenvalue weighted by atomic mass is 16.5. The molecule has 2 N–H and O–H groups in total. The third kappa shape index (κ3) is 2.82. The lowest BCUT2D eigenvalue weighted by atomic mass is 9.85. The van der Waals surface area contributed by atoms with Crippen molar-refractivity contribution in [2.45, 2.75) is 52.0 Å². The molecule has 2 bridgehead atoms. The van der Waals surface area contributed by atoms with Crippen molar-refractivity contribution >= 4 is 5.97 Å². The highest BCUT2D eigenvalue weighted by molar-refractivity contribution is 5.74. The molecule has 0 aromatic rings. The first-order valence-corrected chi connectivity index (χ1v) is 7.01. The Bertz CT molecular complexity index is 275. The normalized spacial score (nSPS) is 35.5. The van der Waals surface area contributed by atoms with Gasteiger partial charge in [0, 0.05) is 6.04 Å². The molecule has 2 saturated carbocycles. The first-order chi connectivity index (χ1) is 8.09. The number of carbonyl (C=O) groups is 1. The predicted octanol–water partition coefficient (Wildman–Crippen LogP) is 2.34. The van der Waals surface area contributed by atoms with Crippen molar-refractivity contribution < 1.29 is 9.53 Å². The van der Waals surface area contributed by atoms with Crippen molar-refractivity contribution in [2.75, 3.05) is 6.61 Å². The maximum absolute atomic E-state index is 12.0. The molecular weight excluding hydrogens is 214 g/mol. The van der Waals surface area contributed by atoms with E-state index >= 15 is 0 Å². The molecule has 0 spiro atoms. The molecule has 0 heterocycles. The Balaban J connectivity index is 1.73. The Morgan fingerprint density at radius 2 is 2.06 bits per heavy atom. The van der Waals surface area contributed by atoms with E-state index in [0.29, 0.717) is 24.4 Å². The van der Waals surface area contributed by atoms with E-state index in [1.54, 1.807) is 0 Å². The first kappa shape index (κ1) is 12.9. The molecule has 98 valence electrons. The molecular formula is C14H25NO2. The van der Waals surface area contributed by atoms with Crippen LogP contribution in [-0.4, -0.2) is 18.6 Å². The summed E-state index contributed by atoms with van der Waals surface area (Å²) in [4.78, 5) is 12.0. The molecule has 0 aromatic carbocycles. The molecule has 4 atom stereocenters. The van der Waals surface area contributed by atoms with E-state index in [9.17, 15) is 4.79 Å². The van der Waals surface area contributed by atoms with Gasteiger partial charge in [0.25, 0.3) is 0 Å². The van der Waals surface area contributed by atoms with Crippen LogP contribution in [0, 0.1) is 23.7 Å². The van der Waals surface area contributed by atoms with Crippen molar-refractivity contribution in [3.05, 3.63) is 0 Å². The second kappa shape index (κ2) is 5.38. The SMILES string of the molecule is CC(C)CCCOC(=O)C1C2CCC(C2)C1N. The van der Waals surface area contributed by atoms with Gasteiger partial charge in [-0.05, 0) is 49.9 Å². The summed E-state index contributed by atoms with van der Waals surface area (Å²) in [5.41, 5.74) is 6.12. The van der Waals surface area contributed by atoms with E-state index in [2.05, 4.69) is 13.8 Å². The lowest BCUT2D eigenvalue weighted by molar-refractivity contribution is -0.151. The Morgan fingerprint density at radius 3 is 2.65 bits per heavy atom. The maximum atomic E-state index is 12.0. The Labute approximate surface area is 104 Å². The van der Waals surface area contributed by atoms with Gasteiger partial charge in [-0.15, -0.1) is 0 Å². The Kier molecular flexibility index (Phi) is 4.08. The summed E-state index contributed by atoms with van der Waals surface area (Å²) in [6, 6.07) is 0.0614. The van der Waals surface area contributed by atoms with Gasteiger partial charge in [0.1, 0.15) is 0 Å². The second-order valence-corrected chi connectivity index (χ2v) is 6.14. The average Bonchev–Trinajstić information content (AvgIpc) is 2.84. The van der Waals surface area contributed by atoms with Crippen molar-refractivity contribution in [3.8, 4) is 0 Å². The molecule has 4 unspecified atom stereocenters. The van der Waals surface area contributed by atoms with Crippen LogP contribution in [0.5, 0.6) is 0 Å². The van der Waals surface area contributed by atoms with Crippen LogP contribution in [0.3, 0.4) is 0 Å². The predicted molar refractivity (Wildman–Crippen MR) is 67.3 cm³/mol. The zero-order valence-corrected chi connectivity index (χ0v) is 11.0. The molecule has 0 amide bonds. The minimum Gasteiger partial charge on any atom is -0.465 e. The Hall–Kier alpha value is -0.570. The van der Waals surface area contributed by atoms with Crippen LogP contribution in [0.25, 0.3) is 0 Å². The number of ether oxygens (including phenoxy) is 1. The highest BCUT2D eigenvalue weighted by Gasteiger charge is 2.49. The van der Waals surface area contributed by atoms with Crippen LogP contribution in [0.2, 0.25) is 0 Å². The standard InChI is InChI=1S/C14H25NO2/c1-9(2)4-3-7-17-14(16)12-10-5-6-11(8-10)13(12)15/h9-13H,3-8,15H2,1-2H3. The fraction of sp³-hybridized carbons (Fsp3) is 0.929. The van der Waals surface area contributed by atoms with Gasteiger partial charge in [-0.25, -0.2) is 0 Å². The van der Waals surface area contributed by atoms with E-state index in [1.807, 2.05) is 0 Å². The zero-order valence-electron chi connectivity index (χ0n) is 11.0. The first-order valence-electron chi connectivity index (χ1n) is 7.01. The van der Waals surface area contributed by atoms with Gasteiger partial charge in [0.2, 0.25) is 0 Å². The molecule has 3 nitrogen and oxygen atoms in total. The molecule has 0 radical (unpaired) electrons. The molecule has 0 saturated heterocycles. The van der Waals surface area contributed by atoms with E-state index in [-0.39, 0.29) is 17.9 Å². The summed E-state index contributed by atoms with van der Waals surface area (Å²) in [7, 11) is 0. The summed E-state index contributed by atoms with van der Waals surface area (Å²) in [5.74, 6) is 1.72. The van der Waals surface area contributed by atoms with Gasteiger partial charge in [0.05, 0.1) is 12.5 Å². The molecule has 0 aliphatic heterocycles. The van der Waals surface area contributed by atoms with E-state index in [4.69, 9.17) is 10.5 Å². The van der Waals surface area contributed by atoms with Crippen LogP contribution in [0.4, 0.5) is 0 Å². The number of hydrogen-bond acceptors (Lipinski definition) is 3. The fourth-order valence-electron chi connectivity index (χ4n) is 3.45. The van der Waals surface area contributed by atoms with E-state index in [1.165, 1.54) is 12.8 Å². The fourth-order valence-corrected chi connectivity index (χ4v) is 3.45. The summed E-state index contributed by atoms with van der Waals surface area (Å²) in [5, 5.41) is 0. The average molecular weight is 239 g/mol. The Morgan fingerprint density at radius 1 is 1.35 bits per heavy atom. The minimum absolute atomic E-state index is 0.00667. The van der Waals surface area contributed by atoms with Gasteiger partial charge in [-0.1, -0.05) is 13.8 Å². The molecule has 2 aliphatic carbocycles. The minimum atomic E-state index is -0.0338. The number of fused-ring (bicyclic) bond motifs is 2. The van der Waals surface area contributed by atoms with Gasteiger partial charge in [0.15, 0.2) is 0 Å². The molecule has 17 heavy (non-hydrogen) atoms. The van der Waals surface area contributed by atoms with E-state index < -0.39 is 0 Å². The van der Waals surface area contributed by atoms with Crippen molar-refractivity contribution in [1.82, 2.24) is 0 Å². The summed E-state index contributed by atoms with van der Waals surface area (Å²) < 4.78 is 5.38. The van der Waals surface area contributed by atoms with Crippen LogP contribution in [0.1, 0.15) is 46.0 Å². The number of rotatable bonds is 5. The molecule has 3 heteroatoms. The zero-order chi connectivity index (χ0) is 12.4. The summed E-state index contributed by atoms with van der Waals surface area (Å²) in [6.45, 7) is 4.94. The third-order valence-electron chi connectivity index (χ3n) is 4.42. The summed E-state index contributed by atoms with van der Waals surface area (Å²) >= 11 is 0. The lowest BCUT2D eigenvalue weighted by Gasteiger charge is -2.26. The topological polar surface area (TPSA) is 52.3 Å². The van der Waals surface area contributed by atoms with Gasteiger partial charge < -0.3 is 10.5 Å². The monoisotopic (exact) mass is 239 g/mol. The quantitative estimate of drug-likeness (QED) is 0.592. The van der Waals surface area contributed by atoms with E-state index in [0.717, 1.165) is 19.3 Å². The van der Waals surface area contributed by atoms with Crippen LogP contribution in [0.15, 0.2) is 0 Å². The van der Waals surface area contributed by atoms with Crippen LogP contribution < -0.4 is 5.73 Å². The van der Waals surface area contributed by atoms with Crippen molar-refractivity contribution in [3.63, 3.8) is 0 Å². The molecule has 0 aromatic heterocycles. The van der Waals surface area contributed by atoms with Crippen molar-refractivity contribution in [1.29, 1.82) is 0 Å². The van der Waals surface area contributed by atoms with Crippen LogP contribution >= 0.6 is 0 Å². The number of esters is 1. The maximum Gasteiger partial charge on any atom is 0.310 e. The van der Waals surface area contributed by atoms with Crippen LogP contribution in [-0.2, 0) is 9.53 Å². The third-order valence-corrected chi connectivity index (χ3v) is 4.42.